The van der Waals surface area contributed by atoms with Gasteiger partial charge in [0.25, 0.3) is 0 Å². The first kappa shape index (κ1) is 23.8. The van der Waals surface area contributed by atoms with E-state index in [0.29, 0.717) is 29.8 Å². The molecule has 0 aromatic heterocycles. The van der Waals surface area contributed by atoms with Gasteiger partial charge in [0, 0.05) is 24.3 Å². The van der Waals surface area contributed by atoms with Crippen molar-refractivity contribution in [2.24, 2.45) is 0 Å². The summed E-state index contributed by atoms with van der Waals surface area (Å²) in [6, 6.07) is 17.7. The zero-order valence-corrected chi connectivity index (χ0v) is 20.0. The van der Waals surface area contributed by atoms with Crippen LogP contribution in [0.15, 0.2) is 84.5 Å². The number of allylic oxidation sites excluding steroid dienone is 2. The van der Waals surface area contributed by atoms with Crippen LogP contribution in [0, 0.1) is 5.82 Å². The van der Waals surface area contributed by atoms with Crippen LogP contribution in [0.2, 0.25) is 0 Å². The highest BCUT2D eigenvalue weighted by Crippen LogP contribution is 2.33. The second kappa shape index (κ2) is 10.8. The van der Waals surface area contributed by atoms with Crippen LogP contribution < -0.4 is 15.2 Å². The maximum Gasteiger partial charge on any atom is 0.336 e. The Hall–Kier alpha value is -3.90. The molecule has 0 radical (unpaired) electrons. The lowest BCUT2D eigenvalue weighted by Crippen LogP contribution is -2.29. The van der Waals surface area contributed by atoms with Gasteiger partial charge in [-0.05, 0) is 78.3 Å². The molecule has 2 N–H and O–H groups in total. The van der Waals surface area contributed by atoms with Crippen molar-refractivity contribution in [3.8, 4) is 16.9 Å². The number of benzene rings is 3. The summed E-state index contributed by atoms with van der Waals surface area (Å²) in [5.74, 6) is -0.597. The minimum atomic E-state index is -1.03. The quantitative estimate of drug-likeness (QED) is 0.367. The molecular weight excluding hydrogens is 455 g/mol. The number of nitrogens with one attached hydrogen (secondary N) is 1. The minimum absolute atomic E-state index is 0.161. The van der Waals surface area contributed by atoms with E-state index in [9.17, 15) is 9.90 Å². The van der Waals surface area contributed by atoms with Crippen LogP contribution in [0.1, 0.15) is 40.7 Å². The minimum Gasteiger partial charge on any atom is -0.478 e. The Morgan fingerprint density at radius 2 is 1.97 bits per heavy atom. The van der Waals surface area contributed by atoms with Gasteiger partial charge in [-0.2, -0.15) is 5.48 Å². The monoisotopic (exact) mass is 484 g/mol. The number of nitrogens with zero attached hydrogens (tertiary/aromatic N) is 1. The molecule has 0 bridgehead atoms. The van der Waals surface area contributed by atoms with Crippen molar-refractivity contribution in [3.05, 3.63) is 107 Å². The number of fused-ring (bicyclic) bond motifs is 1. The Kier molecular flexibility index (Phi) is 7.14. The number of hydrogen-bond donors (Lipinski definition) is 2. The van der Waals surface area contributed by atoms with Crippen LogP contribution >= 0.6 is 0 Å². The van der Waals surface area contributed by atoms with E-state index in [1.54, 1.807) is 30.3 Å². The summed E-state index contributed by atoms with van der Waals surface area (Å²) < 4.78 is 15.1. The Morgan fingerprint density at radius 3 is 2.78 bits per heavy atom. The van der Waals surface area contributed by atoms with E-state index in [0.717, 1.165) is 43.7 Å². The maximum absolute atomic E-state index is 15.1. The molecule has 3 aromatic carbocycles. The molecule has 6 heteroatoms. The molecule has 1 heterocycles. The molecule has 1 aliphatic heterocycles. The predicted octanol–water partition coefficient (Wildman–Crippen LogP) is 6.30. The van der Waals surface area contributed by atoms with Crippen LogP contribution in [0.25, 0.3) is 11.1 Å². The average molecular weight is 485 g/mol. The number of rotatable bonds is 8. The Morgan fingerprint density at radius 1 is 1.08 bits per heavy atom. The number of hydrogen-bond acceptors (Lipinski definition) is 4. The highest BCUT2D eigenvalue weighted by atomic mass is 19.1. The summed E-state index contributed by atoms with van der Waals surface area (Å²) in [7, 11) is 0. The average Bonchev–Trinajstić information content (AvgIpc) is 2.90. The largest absolute Gasteiger partial charge is 0.478 e. The van der Waals surface area contributed by atoms with Crippen molar-refractivity contribution in [2.75, 3.05) is 18.0 Å². The fourth-order valence-electron chi connectivity index (χ4n) is 4.85. The van der Waals surface area contributed by atoms with Gasteiger partial charge in [-0.3, -0.25) is 0 Å². The number of halogens is 1. The molecule has 0 saturated carbocycles. The van der Waals surface area contributed by atoms with E-state index in [-0.39, 0.29) is 11.4 Å². The van der Waals surface area contributed by atoms with E-state index in [2.05, 4.69) is 34.7 Å². The van der Waals surface area contributed by atoms with Crippen LogP contribution in [-0.2, 0) is 13.0 Å². The van der Waals surface area contributed by atoms with Crippen molar-refractivity contribution in [2.45, 2.75) is 32.2 Å². The van der Waals surface area contributed by atoms with Crippen LogP contribution in [0.4, 0.5) is 10.1 Å². The molecule has 1 aliphatic carbocycles. The number of anilines is 1. The van der Waals surface area contributed by atoms with E-state index in [1.165, 1.54) is 23.3 Å². The van der Waals surface area contributed by atoms with Crippen molar-refractivity contribution in [1.29, 1.82) is 0 Å². The predicted molar refractivity (Wildman–Crippen MR) is 140 cm³/mol. The fourth-order valence-corrected chi connectivity index (χ4v) is 4.85. The molecule has 0 fully saturated rings. The Balaban J connectivity index is 1.28. The highest BCUT2D eigenvalue weighted by molar-refractivity contribution is 5.96. The number of aromatic carboxylic acids is 1. The first-order chi connectivity index (χ1) is 17.6. The Bertz CT molecular complexity index is 1330. The van der Waals surface area contributed by atoms with Crippen molar-refractivity contribution in [1.82, 2.24) is 5.48 Å². The number of carboxylic acids is 1. The summed E-state index contributed by atoms with van der Waals surface area (Å²) in [6.07, 6.45) is 10.6. The summed E-state index contributed by atoms with van der Waals surface area (Å²) in [5, 5.41) is 9.47. The first-order valence-corrected chi connectivity index (χ1v) is 12.3. The molecule has 2 aliphatic rings. The molecular formula is C30H29FN2O3. The third-order valence-corrected chi connectivity index (χ3v) is 6.69. The maximum atomic E-state index is 15.1. The molecule has 5 rings (SSSR count). The van der Waals surface area contributed by atoms with Gasteiger partial charge in [0.15, 0.2) is 0 Å². The van der Waals surface area contributed by atoms with Gasteiger partial charge < -0.3 is 14.8 Å². The van der Waals surface area contributed by atoms with E-state index < -0.39 is 5.97 Å². The standard InChI is InChI=1S/C30H29FN2O3/c31-28-18-22(26-10-4-5-11-27(26)30(34)35)12-13-24(28)20-33-16-6-9-23-17-25(14-15-29(23)33)36-32-19-21-7-2-1-3-8-21/h2,4-5,7-8,10-15,17-18,32H,1,3,6,9,16,19-20H2,(H,34,35). The molecule has 0 amide bonds. The molecule has 184 valence electrons. The number of carbonyl (C=O) groups is 1. The lowest BCUT2D eigenvalue weighted by Gasteiger charge is -2.32. The SMILES string of the molecule is O=C(O)c1ccccc1-c1ccc(CN2CCCc3cc(ONCC4=CCCC=C4)ccc32)c(F)c1. The summed E-state index contributed by atoms with van der Waals surface area (Å²) in [5.41, 5.74) is 8.36. The van der Waals surface area contributed by atoms with Crippen LogP contribution in [0.5, 0.6) is 5.75 Å². The molecule has 0 spiro atoms. The zero-order valence-electron chi connectivity index (χ0n) is 20.0. The third kappa shape index (κ3) is 5.34. The van der Waals surface area contributed by atoms with Crippen molar-refractivity contribution >= 4 is 11.7 Å². The van der Waals surface area contributed by atoms with Gasteiger partial charge in [0.2, 0.25) is 0 Å². The van der Waals surface area contributed by atoms with Gasteiger partial charge in [-0.1, -0.05) is 48.6 Å². The molecule has 36 heavy (non-hydrogen) atoms. The molecule has 5 nitrogen and oxygen atoms in total. The van der Waals surface area contributed by atoms with E-state index in [4.69, 9.17) is 4.84 Å². The van der Waals surface area contributed by atoms with Crippen molar-refractivity contribution < 1.29 is 19.1 Å². The van der Waals surface area contributed by atoms with Crippen LogP contribution in [0.3, 0.4) is 0 Å². The van der Waals surface area contributed by atoms with Gasteiger partial charge in [0.1, 0.15) is 11.6 Å². The van der Waals surface area contributed by atoms with Crippen LogP contribution in [-0.4, -0.2) is 24.2 Å². The lowest BCUT2D eigenvalue weighted by molar-refractivity contribution is 0.0697. The zero-order chi connectivity index (χ0) is 24.9. The van der Waals surface area contributed by atoms with E-state index >= 15 is 4.39 Å². The van der Waals surface area contributed by atoms with E-state index in [1.807, 2.05) is 12.1 Å². The second-order valence-corrected chi connectivity index (χ2v) is 9.15. The second-order valence-electron chi connectivity index (χ2n) is 9.15. The number of aryl methyl sites for hydroxylation is 1. The van der Waals surface area contributed by atoms with Gasteiger partial charge in [-0.25, -0.2) is 9.18 Å². The summed E-state index contributed by atoms with van der Waals surface area (Å²) in [4.78, 5) is 19.5. The smallest absolute Gasteiger partial charge is 0.336 e. The van der Waals surface area contributed by atoms with Gasteiger partial charge >= 0.3 is 5.97 Å². The normalized spacial score (nSPS) is 14.8. The highest BCUT2D eigenvalue weighted by Gasteiger charge is 2.20. The number of hydroxylamine groups is 1. The summed E-state index contributed by atoms with van der Waals surface area (Å²) >= 11 is 0. The number of carboxylic acid groups (broad SMARTS) is 1. The van der Waals surface area contributed by atoms with Gasteiger partial charge in [-0.15, -0.1) is 0 Å². The van der Waals surface area contributed by atoms with Gasteiger partial charge in [0.05, 0.1) is 12.1 Å². The molecule has 3 aromatic rings. The fraction of sp³-hybridized carbons (Fsp3) is 0.233. The van der Waals surface area contributed by atoms with Crippen molar-refractivity contribution in [3.63, 3.8) is 0 Å². The topological polar surface area (TPSA) is 61.8 Å². The lowest BCUT2D eigenvalue weighted by atomic mass is 9.97. The summed E-state index contributed by atoms with van der Waals surface area (Å²) in [6.45, 7) is 1.94. The first-order valence-electron chi connectivity index (χ1n) is 12.3. The third-order valence-electron chi connectivity index (χ3n) is 6.69. The molecule has 0 saturated heterocycles. The Labute approximate surface area is 210 Å². The molecule has 0 atom stereocenters. The molecule has 0 unspecified atom stereocenters.